The lowest BCUT2D eigenvalue weighted by Gasteiger charge is -2.32. The Bertz CT molecular complexity index is 362. The fraction of sp³-hybridized carbons (Fsp3) is 0.769. The molecule has 98 valence electrons. The number of imidazole rings is 1. The van der Waals surface area contributed by atoms with Crippen LogP contribution in [0.15, 0.2) is 6.33 Å². The predicted octanol–water partition coefficient (Wildman–Crippen LogP) is 1.81. The van der Waals surface area contributed by atoms with Gasteiger partial charge in [-0.1, -0.05) is 6.92 Å². The summed E-state index contributed by atoms with van der Waals surface area (Å²) in [6, 6.07) is 0.326. The minimum Gasteiger partial charge on any atom is -0.394 e. The molecule has 2 atom stereocenters. The van der Waals surface area contributed by atoms with Crippen LogP contribution in [0.4, 0.5) is 0 Å². The SMILES string of the molecule is CCNC(C)(CO)CC(C)n1cnc(C)c1C. The minimum absolute atomic E-state index is 0.151. The number of nitrogens with zero attached hydrogens (tertiary/aromatic N) is 2. The molecule has 0 aliphatic heterocycles. The van der Waals surface area contributed by atoms with Crippen molar-refractivity contribution in [1.29, 1.82) is 0 Å². The van der Waals surface area contributed by atoms with Crippen molar-refractivity contribution in [2.24, 2.45) is 0 Å². The highest BCUT2D eigenvalue weighted by molar-refractivity contribution is 5.10. The van der Waals surface area contributed by atoms with Gasteiger partial charge in [0.15, 0.2) is 0 Å². The summed E-state index contributed by atoms with van der Waals surface area (Å²) in [5.74, 6) is 0. The predicted molar refractivity (Wildman–Crippen MR) is 70.2 cm³/mol. The van der Waals surface area contributed by atoms with Crippen molar-refractivity contribution in [1.82, 2.24) is 14.9 Å². The summed E-state index contributed by atoms with van der Waals surface area (Å²) < 4.78 is 2.18. The zero-order chi connectivity index (χ0) is 13.1. The van der Waals surface area contributed by atoms with Crippen LogP contribution >= 0.6 is 0 Å². The van der Waals surface area contributed by atoms with Crippen LogP contribution in [0.2, 0.25) is 0 Å². The van der Waals surface area contributed by atoms with Gasteiger partial charge in [-0.2, -0.15) is 0 Å². The Hall–Kier alpha value is -0.870. The van der Waals surface area contributed by atoms with Crippen molar-refractivity contribution in [2.75, 3.05) is 13.2 Å². The molecular weight excluding hydrogens is 214 g/mol. The van der Waals surface area contributed by atoms with E-state index in [1.165, 1.54) is 5.69 Å². The molecule has 1 rings (SSSR count). The third-order valence-electron chi connectivity index (χ3n) is 3.46. The normalized spacial score (nSPS) is 16.8. The Morgan fingerprint density at radius 3 is 2.59 bits per heavy atom. The van der Waals surface area contributed by atoms with Crippen molar-refractivity contribution in [2.45, 2.75) is 52.6 Å². The molecule has 0 amide bonds. The number of aliphatic hydroxyl groups is 1. The second-order valence-corrected chi connectivity index (χ2v) is 5.12. The lowest BCUT2D eigenvalue weighted by molar-refractivity contribution is 0.152. The molecule has 0 aromatic carbocycles. The smallest absolute Gasteiger partial charge is 0.0953 e. The molecular formula is C13H25N3O. The van der Waals surface area contributed by atoms with E-state index < -0.39 is 0 Å². The van der Waals surface area contributed by atoms with E-state index >= 15 is 0 Å². The van der Waals surface area contributed by atoms with Crippen molar-refractivity contribution in [3.05, 3.63) is 17.7 Å². The fourth-order valence-corrected chi connectivity index (χ4v) is 2.33. The first-order chi connectivity index (χ1) is 7.93. The molecule has 1 heterocycles. The van der Waals surface area contributed by atoms with Gasteiger partial charge in [0.05, 0.1) is 18.6 Å². The number of aryl methyl sites for hydroxylation is 1. The van der Waals surface area contributed by atoms with Gasteiger partial charge in [0, 0.05) is 17.3 Å². The molecule has 1 aromatic rings. The summed E-state index contributed by atoms with van der Waals surface area (Å²) in [6.45, 7) is 11.4. The molecule has 2 N–H and O–H groups in total. The molecule has 4 nitrogen and oxygen atoms in total. The molecule has 17 heavy (non-hydrogen) atoms. The van der Waals surface area contributed by atoms with Gasteiger partial charge in [0.25, 0.3) is 0 Å². The van der Waals surface area contributed by atoms with E-state index in [0.29, 0.717) is 6.04 Å². The topological polar surface area (TPSA) is 50.1 Å². The Labute approximate surface area is 104 Å². The number of rotatable bonds is 6. The monoisotopic (exact) mass is 239 g/mol. The van der Waals surface area contributed by atoms with Gasteiger partial charge in [0.1, 0.15) is 0 Å². The van der Waals surface area contributed by atoms with Crippen LogP contribution in [0.5, 0.6) is 0 Å². The highest BCUT2D eigenvalue weighted by Crippen LogP contribution is 2.22. The first-order valence-electron chi connectivity index (χ1n) is 6.29. The number of aliphatic hydroxyl groups excluding tert-OH is 1. The van der Waals surface area contributed by atoms with Crippen LogP contribution in [0, 0.1) is 13.8 Å². The maximum absolute atomic E-state index is 9.50. The average Bonchev–Trinajstić information content (AvgIpc) is 2.60. The molecule has 0 fully saturated rings. The standard InChI is InChI=1S/C13H25N3O/c1-6-15-13(5,8-17)7-10(2)16-9-14-11(3)12(16)4/h9-10,15,17H,6-8H2,1-5H3. The van der Waals surface area contributed by atoms with E-state index in [1.54, 1.807) is 0 Å². The molecule has 0 spiro atoms. The van der Waals surface area contributed by atoms with Crippen molar-refractivity contribution in [3.8, 4) is 0 Å². The van der Waals surface area contributed by atoms with Gasteiger partial charge >= 0.3 is 0 Å². The van der Waals surface area contributed by atoms with Crippen molar-refractivity contribution < 1.29 is 5.11 Å². The van der Waals surface area contributed by atoms with Gasteiger partial charge in [-0.3, -0.25) is 0 Å². The second kappa shape index (κ2) is 5.65. The van der Waals surface area contributed by atoms with E-state index in [1.807, 2.05) is 13.3 Å². The highest BCUT2D eigenvalue weighted by Gasteiger charge is 2.25. The molecule has 2 unspecified atom stereocenters. The number of likely N-dealkylation sites (N-methyl/N-ethyl adjacent to an activating group) is 1. The van der Waals surface area contributed by atoms with Crippen LogP contribution in [-0.2, 0) is 0 Å². The zero-order valence-electron chi connectivity index (χ0n) is 11.6. The third-order valence-corrected chi connectivity index (χ3v) is 3.46. The molecule has 0 aliphatic carbocycles. The fourth-order valence-electron chi connectivity index (χ4n) is 2.33. The van der Waals surface area contributed by atoms with Crippen LogP contribution < -0.4 is 5.32 Å². The van der Waals surface area contributed by atoms with Gasteiger partial charge in [-0.05, 0) is 40.7 Å². The summed E-state index contributed by atoms with van der Waals surface area (Å²) in [6.07, 6.45) is 2.77. The maximum Gasteiger partial charge on any atom is 0.0953 e. The molecule has 0 aliphatic rings. The van der Waals surface area contributed by atoms with Gasteiger partial charge in [-0.15, -0.1) is 0 Å². The van der Waals surface area contributed by atoms with Crippen LogP contribution in [0.1, 0.15) is 44.6 Å². The molecule has 0 radical (unpaired) electrons. The summed E-state index contributed by atoms with van der Waals surface area (Å²) in [5, 5.41) is 12.9. The Morgan fingerprint density at radius 1 is 1.53 bits per heavy atom. The van der Waals surface area contributed by atoms with E-state index in [9.17, 15) is 5.11 Å². The zero-order valence-corrected chi connectivity index (χ0v) is 11.6. The van der Waals surface area contributed by atoms with Crippen molar-refractivity contribution >= 4 is 0 Å². The average molecular weight is 239 g/mol. The Balaban J connectivity index is 2.77. The number of hydrogen-bond donors (Lipinski definition) is 2. The van der Waals surface area contributed by atoms with Crippen LogP contribution in [0.3, 0.4) is 0 Å². The molecule has 0 bridgehead atoms. The lowest BCUT2D eigenvalue weighted by Crippen LogP contribution is -2.47. The minimum atomic E-state index is -0.223. The summed E-state index contributed by atoms with van der Waals surface area (Å²) >= 11 is 0. The van der Waals surface area contributed by atoms with E-state index in [-0.39, 0.29) is 12.1 Å². The number of aromatic nitrogens is 2. The molecule has 4 heteroatoms. The largest absolute Gasteiger partial charge is 0.394 e. The van der Waals surface area contributed by atoms with E-state index in [0.717, 1.165) is 18.7 Å². The molecule has 0 saturated carbocycles. The van der Waals surface area contributed by atoms with E-state index in [2.05, 4.69) is 42.6 Å². The second-order valence-electron chi connectivity index (χ2n) is 5.12. The molecule has 1 aromatic heterocycles. The van der Waals surface area contributed by atoms with Crippen molar-refractivity contribution in [3.63, 3.8) is 0 Å². The summed E-state index contributed by atoms with van der Waals surface area (Å²) in [4.78, 5) is 4.32. The molecule has 0 saturated heterocycles. The third kappa shape index (κ3) is 3.30. The van der Waals surface area contributed by atoms with Gasteiger partial charge in [0.2, 0.25) is 0 Å². The maximum atomic E-state index is 9.50. The first-order valence-corrected chi connectivity index (χ1v) is 6.29. The quantitative estimate of drug-likeness (QED) is 0.796. The lowest BCUT2D eigenvalue weighted by atomic mass is 9.94. The highest BCUT2D eigenvalue weighted by atomic mass is 16.3. The van der Waals surface area contributed by atoms with Crippen LogP contribution in [-0.4, -0.2) is 33.3 Å². The van der Waals surface area contributed by atoms with E-state index in [4.69, 9.17) is 0 Å². The number of nitrogens with one attached hydrogen (secondary N) is 1. The number of hydrogen-bond acceptors (Lipinski definition) is 3. The first kappa shape index (κ1) is 14.2. The summed E-state index contributed by atoms with van der Waals surface area (Å²) in [5.41, 5.74) is 2.05. The Morgan fingerprint density at radius 2 is 2.18 bits per heavy atom. The van der Waals surface area contributed by atoms with Crippen LogP contribution in [0.25, 0.3) is 0 Å². The van der Waals surface area contributed by atoms with Gasteiger partial charge < -0.3 is 15.0 Å². The van der Waals surface area contributed by atoms with Gasteiger partial charge in [-0.25, -0.2) is 4.98 Å². The Kier molecular flexibility index (Phi) is 4.71. The summed E-state index contributed by atoms with van der Waals surface area (Å²) in [7, 11) is 0.